The second-order valence-electron chi connectivity index (χ2n) is 6.19. The number of thioether (sulfide) groups is 2. The van der Waals surface area contributed by atoms with Crippen LogP contribution >= 0.6 is 34.9 Å². The van der Waals surface area contributed by atoms with Crippen molar-refractivity contribution in [3.05, 3.63) is 81.8 Å². The summed E-state index contributed by atoms with van der Waals surface area (Å²) in [4.78, 5) is 15.9. The van der Waals surface area contributed by atoms with E-state index in [0.29, 0.717) is 10.5 Å². The van der Waals surface area contributed by atoms with E-state index in [-0.39, 0.29) is 17.8 Å². The SMILES string of the molecule is O=C(NC1CCSc2c(F)cccc21)c1ccccc1SCc1cccs1. The van der Waals surface area contributed by atoms with Gasteiger partial charge in [0.1, 0.15) is 5.82 Å². The number of hydrogen-bond acceptors (Lipinski definition) is 4. The first-order valence-corrected chi connectivity index (χ1v) is 11.5. The Balaban J connectivity index is 1.52. The van der Waals surface area contributed by atoms with Crippen LogP contribution in [0, 0.1) is 5.82 Å². The van der Waals surface area contributed by atoms with Crippen LogP contribution < -0.4 is 5.32 Å². The van der Waals surface area contributed by atoms with Gasteiger partial charge in [0, 0.05) is 26.2 Å². The number of thiophene rings is 1. The molecular weight excluding hydrogens is 397 g/mol. The molecular formula is C21H18FNOS3. The van der Waals surface area contributed by atoms with Crippen molar-refractivity contribution >= 4 is 40.8 Å². The van der Waals surface area contributed by atoms with E-state index < -0.39 is 0 Å². The number of carbonyl (C=O) groups excluding carboxylic acids is 1. The number of benzene rings is 2. The number of halogens is 1. The summed E-state index contributed by atoms with van der Waals surface area (Å²) in [7, 11) is 0. The lowest BCUT2D eigenvalue weighted by Crippen LogP contribution is -2.31. The van der Waals surface area contributed by atoms with Crippen LogP contribution in [0.1, 0.15) is 33.3 Å². The predicted octanol–water partition coefficient (Wildman–Crippen LogP) is 6.15. The molecule has 138 valence electrons. The molecule has 3 aromatic rings. The highest BCUT2D eigenvalue weighted by Crippen LogP contribution is 2.38. The zero-order chi connectivity index (χ0) is 18.6. The van der Waals surface area contributed by atoms with Crippen LogP contribution in [0.5, 0.6) is 0 Å². The molecule has 1 aliphatic heterocycles. The molecule has 2 aromatic carbocycles. The number of fused-ring (bicyclic) bond motifs is 1. The number of rotatable bonds is 5. The van der Waals surface area contributed by atoms with Gasteiger partial charge in [0.05, 0.1) is 11.6 Å². The van der Waals surface area contributed by atoms with E-state index in [0.717, 1.165) is 28.4 Å². The van der Waals surface area contributed by atoms with Gasteiger partial charge in [-0.2, -0.15) is 0 Å². The van der Waals surface area contributed by atoms with Gasteiger partial charge in [0.25, 0.3) is 5.91 Å². The molecule has 2 heterocycles. The number of carbonyl (C=O) groups is 1. The smallest absolute Gasteiger partial charge is 0.252 e. The minimum Gasteiger partial charge on any atom is -0.345 e. The van der Waals surface area contributed by atoms with Crippen molar-refractivity contribution in [3.63, 3.8) is 0 Å². The highest BCUT2D eigenvalue weighted by molar-refractivity contribution is 7.99. The standard InChI is InChI=1S/C21H18FNOS3/c22-17-8-3-7-15-18(10-12-26-20(15)17)23-21(24)16-6-1-2-9-19(16)27-13-14-5-4-11-25-14/h1-9,11,18H,10,12-13H2,(H,23,24). The first-order chi connectivity index (χ1) is 13.2. The van der Waals surface area contributed by atoms with E-state index in [2.05, 4.69) is 16.8 Å². The molecule has 1 N–H and O–H groups in total. The highest BCUT2D eigenvalue weighted by Gasteiger charge is 2.25. The molecule has 0 saturated carbocycles. The molecule has 0 spiro atoms. The Labute approximate surface area is 170 Å². The largest absolute Gasteiger partial charge is 0.345 e. The van der Waals surface area contributed by atoms with E-state index in [1.165, 1.54) is 22.7 Å². The highest BCUT2D eigenvalue weighted by atomic mass is 32.2. The van der Waals surface area contributed by atoms with Crippen molar-refractivity contribution < 1.29 is 9.18 Å². The van der Waals surface area contributed by atoms with Crippen molar-refractivity contribution in [1.82, 2.24) is 5.32 Å². The number of amides is 1. The lowest BCUT2D eigenvalue weighted by Gasteiger charge is -2.26. The van der Waals surface area contributed by atoms with E-state index in [4.69, 9.17) is 0 Å². The minimum atomic E-state index is -0.205. The Morgan fingerprint density at radius 2 is 2.04 bits per heavy atom. The summed E-state index contributed by atoms with van der Waals surface area (Å²) in [5.41, 5.74) is 1.55. The lowest BCUT2D eigenvalue weighted by molar-refractivity contribution is 0.0932. The summed E-state index contributed by atoms with van der Waals surface area (Å²) in [6.07, 6.45) is 0.803. The topological polar surface area (TPSA) is 29.1 Å². The third-order valence-corrected chi connectivity index (χ3v) is 7.75. The Bertz CT molecular complexity index is 942. The van der Waals surface area contributed by atoms with Crippen molar-refractivity contribution in [1.29, 1.82) is 0 Å². The van der Waals surface area contributed by atoms with Crippen LogP contribution in [-0.4, -0.2) is 11.7 Å². The maximum Gasteiger partial charge on any atom is 0.252 e. The molecule has 0 radical (unpaired) electrons. The van der Waals surface area contributed by atoms with Crippen LogP contribution in [0.2, 0.25) is 0 Å². The summed E-state index contributed by atoms with van der Waals surface area (Å²) in [6.45, 7) is 0. The van der Waals surface area contributed by atoms with Crippen molar-refractivity contribution in [2.24, 2.45) is 0 Å². The lowest BCUT2D eigenvalue weighted by atomic mass is 10.0. The molecule has 1 unspecified atom stereocenters. The average molecular weight is 416 g/mol. The fourth-order valence-electron chi connectivity index (χ4n) is 3.10. The molecule has 0 saturated heterocycles. The Hall–Kier alpha value is -1.76. The van der Waals surface area contributed by atoms with E-state index in [9.17, 15) is 9.18 Å². The second-order valence-corrected chi connectivity index (χ2v) is 9.34. The fourth-order valence-corrected chi connectivity index (χ4v) is 6.06. The van der Waals surface area contributed by atoms with Crippen LogP contribution in [0.15, 0.2) is 69.8 Å². The molecule has 0 bridgehead atoms. The van der Waals surface area contributed by atoms with E-state index >= 15 is 0 Å². The molecule has 1 aromatic heterocycles. The Kier molecular flexibility index (Phi) is 5.86. The van der Waals surface area contributed by atoms with Crippen LogP contribution in [0.4, 0.5) is 4.39 Å². The molecule has 4 rings (SSSR count). The third-order valence-electron chi connectivity index (χ3n) is 4.41. The van der Waals surface area contributed by atoms with Gasteiger partial charge in [-0.1, -0.05) is 30.3 Å². The summed E-state index contributed by atoms with van der Waals surface area (Å²) in [5.74, 6) is 1.34. The third kappa shape index (κ3) is 4.23. The normalized spacial score (nSPS) is 16.0. The van der Waals surface area contributed by atoms with Crippen LogP contribution in [0.3, 0.4) is 0 Å². The van der Waals surface area contributed by atoms with Crippen molar-refractivity contribution in [2.75, 3.05) is 5.75 Å². The number of nitrogens with one attached hydrogen (secondary N) is 1. The van der Waals surface area contributed by atoms with Crippen LogP contribution in [0.25, 0.3) is 0 Å². The summed E-state index contributed by atoms with van der Waals surface area (Å²) < 4.78 is 14.1. The molecule has 6 heteroatoms. The molecule has 0 aliphatic carbocycles. The van der Waals surface area contributed by atoms with Gasteiger partial charge < -0.3 is 5.32 Å². The van der Waals surface area contributed by atoms with Crippen molar-refractivity contribution in [3.8, 4) is 0 Å². The average Bonchev–Trinajstić information content (AvgIpc) is 3.21. The van der Waals surface area contributed by atoms with Gasteiger partial charge >= 0.3 is 0 Å². The predicted molar refractivity (Wildman–Crippen MR) is 112 cm³/mol. The molecule has 0 fully saturated rings. The Morgan fingerprint density at radius 1 is 1.15 bits per heavy atom. The minimum absolute atomic E-state index is 0.101. The van der Waals surface area contributed by atoms with Gasteiger partial charge in [0.2, 0.25) is 0 Å². The molecule has 1 amide bonds. The van der Waals surface area contributed by atoms with Gasteiger partial charge in [-0.25, -0.2) is 4.39 Å². The summed E-state index contributed by atoms with van der Waals surface area (Å²) in [5, 5.41) is 5.18. The van der Waals surface area contributed by atoms with E-state index in [1.54, 1.807) is 29.2 Å². The molecule has 2 nitrogen and oxygen atoms in total. The van der Waals surface area contributed by atoms with Crippen molar-refractivity contribution in [2.45, 2.75) is 28.0 Å². The number of hydrogen-bond donors (Lipinski definition) is 1. The van der Waals surface area contributed by atoms with Gasteiger partial charge in [-0.15, -0.1) is 34.9 Å². The molecule has 27 heavy (non-hydrogen) atoms. The summed E-state index contributed by atoms with van der Waals surface area (Å²) in [6, 6.07) is 16.8. The first-order valence-electron chi connectivity index (χ1n) is 8.68. The quantitative estimate of drug-likeness (QED) is 0.507. The fraction of sp³-hybridized carbons (Fsp3) is 0.190. The maximum atomic E-state index is 14.1. The molecule has 1 atom stereocenters. The molecule has 1 aliphatic rings. The van der Waals surface area contributed by atoms with Gasteiger partial charge in [-0.05, 0) is 41.6 Å². The zero-order valence-electron chi connectivity index (χ0n) is 14.5. The zero-order valence-corrected chi connectivity index (χ0v) is 16.9. The summed E-state index contributed by atoms with van der Waals surface area (Å²) >= 11 is 4.91. The first kappa shape index (κ1) is 18.6. The second kappa shape index (κ2) is 8.50. The van der Waals surface area contributed by atoms with Gasteiger partial charge in [0.15, 0.2) is 0 Å². The maximum absolute atomic E-state index is 14.1. The Morgan fingerprint density at radius 3 is 2.89 bits per heavy atom. The monoisotopic (exact) mass is 415 g/mol. The van der Waals surface area contributed by atoms with Gasteiger partial charge in [-0.3, -0.25) is 4.79 Å². The van der Waals surface area contributed by atoms with Crippen LogP contribution in [-0.2, 0) is 5.75 Å². The van der Waals surface area contributed by atoms with E-state index in [1.807, 2.05) is 36.4 Å².